The molecule has 150 valence electrons. The fraction of sp³-hybridized carbons (Fsp3) is 0.364. The molecular formula is C22H28ClN3O2. The van der Waals surface area contributed by atoms with Gasteiger partial charge in [0.25, 0.3) is 0 Å². The van der Waals surface area contributed by atoms with E-state index in [9.17, 15) is 9.59 Å². The summed E-state index contributed by atoms with van der Waals surface area (Å²) in [6.45, 7) is 1.72. The predicted octanol–water partition coefficient (Wildman–Crippen LogP) is 2.53. The Balaban J connectivity index is 0.00000280. The van der Waals surface area contributed by atoms with Crippen molar-refractivity contribution in [1.82, 2.24) is 10.2 Å². The molecule has 1 unspecified atom stereocenters. The van der Waals surface area contributed by atoms with Gasteiger partial charge >= 0.3 is 0 Å². The standard InChI is InChI=1S/C22H27N3O2.ClH/c23-20(15-17-7-3-1-4-8-17)22(27)25-13-11-19(12-14-25)21(26)24-16-18-9-5-2-6-10-18;/h1-10,19-20H,11-16,23H2,(H,24,26);1H. The molecule has 3 rings (SSSR count). The molecule has 6 heteroatoms. The first kappa shape index (κ1) is 21.9. The van der Waals surface area contributed by atoms with E-state index < -0.39 is 6.04 Å². The average molecular weight is 402 g/mol. The zero-order valence-corrected chi connectivity index (χ0v) is 16.7. The van der Waals surface area contributed by atoms with E-state index >= 15 is 0 Å². The van der Waals surface area contributed by atoms with Crippen molar-refractivity contribution in [2.45, 2.75) is 31.8 Å². The number of nitrogens with zero attached hydrogens (tertiary/aromatic N) is 1. The quantitative estimate of drug-likeness (QED) is 0.781. The summed E-state index contributed by atoms with van der Waals surface area (Å²) in [5, 5.41) is 3.00. The highest BCUT2D eigenvalue weighted by Gasteiger charge is 2.29. The Hall–Kier alpha value is -2.37. The van der Waals surface area contributed by atoms with Gasteiger partial charge in [-0.05, 0) is 30.4 Å². The van der Waals surface area contributed by atoms with Crippen LogP contribution in [0.3, 0.4) is 0 Å². The highest BCUT2D eigenvalue weighted by molar-refractivity contribution is 5.85. The molecule has 0 aromatic heterocycles. The second kappa shape index (κ2) is 10.8. The van der Waals surface area contributed by atoms with Gasteiger partial charge < -0.3 is 16.0 Å². The Morgan fingerprint density at radius 2 is 1.50 bits per heavy atom. The van der Waals surface area contributed by atoms with E-state index in [2.05, 4.69) is 5.32 Å². The smallest absolute Gasteiger partial charge is 0.239 e. The number of rotatable bonds is 6. The highest BCUT2D eigenvalue weighted by Crippen LogP contribution is 2.18. The second-order valence-electron chi connectivity index (χ2n) is 7.10. The maximum absolute atomic E-state index is 12.6. The molecule has 0 aliphatic carbocycles. The Morgan fingerprint density at radius 3 is 2.07 bits per heavy atom. The van der Waals surface area contributed by atoms with Crippen LogP contribution in [-0.4, -0.2) is 35.8 Å². The minimum Gasteiger partial charge on any atom is -0.352 e. The molecule has 2 aromatic carbocycles. The normalized spacial score (nSPS) is 15.4. The first-order chi connectivity index (χ1) is 13.1. The van der Waals surface area contributed by atoms with Gasteiger partial charge in [-0.3, -0.25) is 9.59 Å². The zero-order chi connectivity index (χ0) is 19.1. The van der Waals surface area contributed by atoms with Crippen molar-refractivity contribution in [2.24, 2.45) is 11.7 Å². The third kappa shape index (κ3) is 6.08. The fourth-order valence-electron chi connectivity index (χ4n) is 3.48. The van der Waals surface area contributed by atoms with Crippen LogP contribution in [0.4, 0.5) is 0 Å². The third-order valence-corrected chi connectivity index (χ3v) is 5.10. The molecule has 0 radical (unpaired) electrons. The van der Waals surface area contributed by atoms with Crippen molar-refractivity contribution in [3.8, 4) is 0 Å². The van der Waals surface area contributed by atoms with Crippen molar-refractivity contribution in [2.75, 3.05) is 13.1 Å². The molecule has 2 amide bonds. The highest BCUT2D eigenvalue weighted by atomic mass is 35.5. The largest absolute Gasteiger partial charge is 0.352 e. The van der Waals surface area contributed by atoms with Crippen LogP contribution in [-0.2, 0) is 22.6 Å². The number of piperidine rings is 1. The number of hydrogen-bond acceptors (Lipinski definition) is 3. The lowest BCUT2D eigenvalue weighted by molar-refractivity contribution is -0.136. The van der Waals surface area contributed by atoms with Crippen LogP contribution >= 0.6 is 12.4 Å². The fourth-order valence-corrected chi connectivity index (χ4v) is 3.48. The van der Waals surface area contributed by atoms with E-state index in [1.165, 1.54) is 0 Å². The molecule has 1 heterocycles. The molecule has 1 atom stereocenters. The Labute approximate surface area is 172 Å². The average Bonchev–Trinajstić information content (AvgIpc) is 2.73. The minimum atomic E-state index is -0.532. The third-order valence-electron chi connectivity index (χ3n) is 5.10. The van der Waals surface area contributed by atoms with Crippen LogP contribution in [0.2, 0.25) is 0 Å². The van der Waals surface area contributed by atoms with E-state index in [1.54, 1.807) is 4.90 Å². The predicted molar refractivity (Wildman–Crippen MR) is 113 cm³/mol. The molecule has 2 aromatic rings. The number of carbonyl (C=O) groups excluding carboxylic acids is 2. The van der Waals surface area contributed by atoms with E-state index in [1.807, 2.05) is 60.7 Å². The van der Waals surface area contributed by atoms with E-state index in [4.69, 9.17) is 5.73 Å². The molecule has 1 aliphatic rings. The van der Waals surface area contributed by atoms with Gasteiger partial charge in [-0.2, -0.15) is 0 Å². The molecule has 1 saturated heterocycles. The molecular weight excluding hydrogens is 374 g/mol. The zero-order valence-electron chi connectivity index (χ0n) is 15.9. The second-order valence-corrected chi connectivity index (χ2v) is 7.10. The lowest BCUT2D eigenvalue weighted by Gasteiger charge is -2.33. The Morgan fingerprint density at radius 1 is 0.964 bits per heavy atom. The summed E-state index contributed by atoms with van der Waals surface area (Å²) in [6, 6.07) is 19.2. The molecule has 28 heavy (non-hydrogen) atoms. The van der Waals surface area contributed by atoms with Crippen molar-refractivity contribution in [1.29, 1.82) is 0 Å². The summed E-state index contributed by atoms with van der Waals surface area (Å²) in [5.41, 5.74) is 8.27. The lowest BCUT2D eigenvalue weighted by atomic mass is 9.95. The molecule has 3 N–H and O–H groups in total. The summed E-state index contributed by atoms with van der Waals surface area (Å²) in [6.07, 6.45) is 1.91. The van der Waals surface area contributed by atoms with Crippen LogP contribution < -0.4 is 11.1 Å². The van der Waals surface area contributed by atoms with Gasteiger partial charge in [-0.1, -0.05) is 60.7 Å². The number of hydrogen-bond donors (Lipinski definition) is 2. The van der Waals surface area contributed by atoms with Gasteiger partial charge in [-0.15, -0.1) is 12.4 Å². The number of likely N-dealkylation sites (tertiary alicyclic amines) is 1. The van der Waals surface area contributed by atoms with Crippen LogP contribution in [0.15, 0.2) is 60.7 Å². The first-order valence-electron chi connectivity index (χ1n) is 9.53. The monoisotopic (exact) mass is 401 g/mol. The summed E-state index contributed by atoms with van der Waals surface area (Å²) in [4.78, 5) is 26.8. The maximum atomic E-state index is 12.6. The van der Waals surface area contributed by atoms with Gasteiger partial charge in [0.1, 0.15) is 0 Å². The summed E-state index contributed by atoms with van der Waals surface area (Å²) >= 11 is 0. The SMILES string of the molecule is Cl.NC(Cc1ccccc1)C(=O)N1CCC(C(=O)NCc2ccccc2)CC1. The van der Waals surface area contributed by atoms with Crippen molar-refractivity contribution < 1.29 is 9.59 Å². The lowest BCUT2D eigenvalue weighted by Crippen LogP contribution is -2.49. The van der Waals surface area contributed by atoms with Crippen molar-refractivity contribution >= 4 is 24.2 Å². The molecule has 1 fully saturated rings. The van der Waals surface area contributed by atoms with E-state index in [-0.39, 0.29) is 30.1 Å². The Bertz CT molecular complexity index is 747. The minimum absolute atomic E-state index is 0. The summed E-state index contributed by atoms with van der Waals surface area (Å²) < 4.78 is 0. The molecule has 0 bridgehead atoms. The number of carbonyl (C=O) groups is 2. The van der Waals surface area contributed by atoms with E-state index in [0.717, 1.165) is 11.1 Å². The first-order valence-corrected chi connectivity index (χ1v) is 9.53. The summed E-state index contributed by atoms with van der Waals surface area (Å²) in [5.74, 6) is 0.00430. The van der Waals surface area contributed by atoms with Gasteiger partial charge in [0.05, 0.1) is 6.04 Å². The van der Waals surface area contributed by atoms with Gasteiger partial charge in [0, 0.05) is 25.6 Å². The Kier molecular flexibility index (Phi) is 8.48. The summed E-state index contributed by atoms with van der Waals surface area (Å²) in [7, 11) is 0. The number of amides is 2. The molecule has 1 aliphatic heterocycles. The van der Waals surface area contributed by atoms with Crippen molar-refractivity contribution in [3.63, 3.8) is 0 Å². The number of nitrogens with one attached hydrogen (secondary N) is 1. The molecule has 0 saturated carbocycles. The van der Waals surface area contributed by atoms with Crippen LogP contribution in [0.5, 0.6) is 0 Å². The number of halogens is 1. The van der Waals surface area contributed by atoms with Crippen molar-refractivity contribution in [3.05, 3.63) is 71.8 Å². The van der Waals surface area contributed by atoms with Gasteiger partial charge in [0.15, 0.2) is 0 Å². The van der Waals surface area contributed by atoms with Crippen LogP contribution in [0, 0.1) is 5.92 Å². The maximum Gasteiger partial charge on any atom is 0.239 e. The number of benzene rings is 2. The van der Waals surface area contributed by atoms with Crippen LogP contribution in [0.25, 0.3) is 0 Å². The van der Waals surface area contributed by atoms with E-state index in [0.29, 0.717) is 38.9 Å². The molecule has 0 spiro atoms. The van der Waals surface area contributed by atoms with Crippen LogP contribution in [0.1, 0.15) is 24.0 Å². The van der Waals surface area contributed by atoms with Gasteiger partial charge in [-0.25, -0.2) is 0 Å². The molecule has 5 nitrogen and oxygen atoms in total. The topological polar surface area (TPSA) is 75.4 Å². The van der Waals surface area contributed by atoms with Gasteiger partial charge in [0.2, 0.25) is 11.8 Å². The number of nitrogens with two attached hydrogens (primary N) is 1.